The smallest absolute Gasteiger partial charge is 0.225 e. The van der Waals surface area contributed by atoms with E-state index < -0.39 is 11.6 Å². The molecule has 1 N–H and O–H groups in total. The molecule has 3 rings (SSSR count). The van der Waals surface area contributed by atoms with Crippen LogP contribution in [0.15, 0.2) is 82.8 Å². The van der Waals surface area contributed by atoms with Crippen LogP contribution in [-0.4, -0.2) is 37.6 Å². The Balaban J connectivity index is 2.04. The highest BCUT2D eigenvalue weighted by molar-refractivity contribution is 5.81. The normalized spacial score (nSPS) is 18.1. The van der Waals surface area contributed by atoms with E-state index in [2.05, 4.69) is 24.4 Å². The summed E-state index contributed by atoms with van der Waals surface area (Å²) in [4.78, 5) is 13.6. The molecule has 4 nitrogen and oxygen atoms in total. The molecule has 180 valence electrons. The number of benzene rings is 1. The number of carbonyl (C=O) groups excluding carboxylic acids is 1. The van der Waals surface area contributed by atoms with Gasteiger partial charge in [0.2, 0.25) is 5.91 Å². The fourth-order valence-corrected chi connectivity index (χ4v) is 3.94. The van der Waals surface area contributed by atoms with Crippen LogP contribution in [0.3, 0.4) is 0 Å². The zero-order valence-corrected chi connectivity index (χ0v) is 20.4. The summed E-state index contributed by atoms with van der Waals surface area (Å²) in [5.74, 6) is -0.502. The van der Waals surface area contributed by atoms with E-state index in [0.29, 0.717) is 11.3 Å². The zero-order valence-electron chi connectivity index (χ0n) is 20.4. The van der Waals surface area contributed by atoms with Crippen LogP contribution in [0.4, 0.5) is 8.78 Å². The summed E-state index contributed by atoms with van der Waals surface area (Å²) < 4.78 is 34.6. The number of carbonyl (C=O) groups is 1. The van der Waals surface area contributed by atoms with Crippen molar-refractivity contribution in [2.75, 3.05) is 20.7 Å². The Morgan fingerprint density at radius 2 is 1.97 bits per heavy atom. The lowest BCUT2D eigenvalue weighted by atomic mass is 9.85. The lowest BCUT2D eigenvalue weighted by Gasteiger charge is -2.34. The number of hydrogen-bond donors (Lipinski definition) is 1. The molecule has 1 aromatic carbocycles. The number of halogens is 2. The van der Waals surface area contributed by atoms with E-state index in [1.54, 1.807) is 20.2 Å². The van der Waals surface area contributed by atoms with Gasteiger partial charge in [0.25, 0.3) is 0 Å². The largest absolute Gasteiger partial charge is 0.495 e. The summed E-state index contributed by atoms with van der Waals surface area (Å²) >= 11 is 0. The maximum Gasteiger partial charge on any atom is 0.225 e. The fourth-order valence-electron chi connectivity index (χ4n) is 3.94. The third kappa shape index (κ3) is 5.74. The summed E-state index contributed by atoms with van der Waals surface area (Å²) in [6, 6.07) is 3.12. The molecule has 1 atom stereocenters. The number of dihydropyridines is 1. The second-order valence-corrected chi connectivity index (χ2v) is 8.50. The molecular weight excluding hydrogens is 434 g/mol. The number of nitrogens with zero attached hydrogens (tertiary/aromatic N) is 1. The van der Waals surface area contributed by atoms with Gasteiger partial charge in [-0.15, -0.1) is 0 Å². The highest BCUT2D eigenvalue weighted by Crippen LogP contribution is 2.36. The van der Waals surface area contributed by atoms with Gasteiger partial charge in [0.15, 0.2) is 0 Å². The molecule has 0 saturated carbocycles. The summed E-state index contributed by atoms with van der Waals surface area (Å²) in [7, 11) is 3.40. The Morgan fingerprint density at radius 3 is 2.65 bits per heavy atom. The van der Waals surface area contributed by atoms with E-state index in [0.717, 1.165) is 41.0 Å². The van der Waals surface area contributed by atoms with Crippen molar-refractivity contribution in [1.82, 2.24) is 10.2 Å². The molecule has 1 aromatic rings. The molecule has 1 aliphatic carbocycles. The van der Waals surface area contributed by atoms with Gasteiger partial charge in [-0.2, -0.15) is 0 Å². The minimum atomic E-state index is -0.511. The van der Waals surface area contributed by atoms with Gasteiger partial charge in [-0.05, 0) is 79.0 Å². The quantitative estimate of drug-likeness (QED) is 0.491. The topological polar surface area (TPSA) is 41.6 Å². The van der Waals surface area contributed by atoms with Gasteiger partial charge in [0, 0.05) is 25.4 Å². The van der Waals surface area contributed by atoms with E-state index in [9.17, 15) is 13.6 Å². The average molecular weight is 467 g/mol. The van der Waals surface area contributed by atoms with Gasteiger partial charge in [-0.1, -0.05) is 25.2 Å². The van der Waals surface area contributed by atoms with Gasteiger partial charge >= 0.3 is 0 Å². The number of allylic oxidation sites excluding steroid dienone is 8. The molecule has 0 aromatic heterocycles. The van der Waals surface area contributed by atoms with Gasteiger partial charge < -0.3 is 15.0 Å². The van der Waals surface area contributed by atoms with Gasteiger partial charge in [-0.3, -0.25) is 4.79 Å². The highest BCUT2D eigenvalue weighted by Gasteiger charge is 2.30. The van der Waals surface area contributed by atoms with Crippen LogP contribution in [0.1, 0.15) is 39.2 Å². The highest BCUT2D eigenvalue weighted by atomic mass is 19.1. The average Bonchev–Trinajstić information content (AvgIpc) is 2.81. The lowest BCUT2D eigenvalue weighted by molar-refractivity contribution is -0.129. The Bertz CT molecular complexity index is 1140. The van der Waals surface area contributed by atoms with Crippen molar-refractivity contribution in [2.45, 2.75) is 39.7 Å². The number of nitrogens with one attached hydrogen (secondary N) is 1. The summed E-state index contributed by atoms with van der Waals surface area (Å²) in [6.07, 6.45) is 12.8. The molecule has 2 aliphatic rings. The predicted octanol–water partition coefficient (Wildman–Crippen LogP) is 5.83. The minimum Gasteiger partial charge on any atom is -0.495 e. The van der Waals surface area contributed by atoms with Crippen LogP contribution in [0.25, 0.3) is 5.57 Å². The van der Waals surface area contributed by atoms with Gasteiger partial charge in [0.1, 0.15) is 23.4 Å². The number of fused-ring (bicyclic) bond motifs is 1. The molecule has 1 heterocycles. The van der Waals surface area contributed by atoms with E-state index in [-0.39, 0.29) is 30.5 Å². The lowest BCUT2D eigenvalue weighted by Crippen LogP contribution is -2.38. The third-order valence-corrected chi connectivity index (χ3v) is 5.86. The maximum absolute atomic E-state index is 14.6. The van der Waals surface area contributed by atoms with Crippen LogP contribution in [-0.2, 0) is 9.53 Å². The number of ether oxygens (including phenoxy) is 1. The Hall–Kier alpha value is -3.41. The number of amides is 1. The molecule has 1 aliphatic heterocycles. The van der Waals surface area contributed by atoms with Crippen molar-refractivity contribution in [3.63, 3.8) is 0 Å². The van der Waals surface area contributed by atoms with Gasteiger partial charge in [0.05, 0.1) is 13.0 Å². The number of hydrogen-bond acceptors (Lipinski definition) is 3. The molecule has 6 heteroatoms. The van der Waals surface area contributed by atoms with E-state index in [1.165, 1.54) is 11.0 Å². The first-order valence-corrected chi connectivity index (χ1v) is 11.5. The van der Waals surface area contributed by atoms with E-state index in [1.807, 2.05) is 32.1 Å². The van der Waals surface area contributed by atoms with E-state index >= 15 is 0 Å². The molecule has 34 heavy (non-hydrogen) atoms. The molecule has 1 amide bonds. The van der Waals surface area contributed by atoms with Gasteiger partial charge in [-0.25, -0.2) is 8.78 Å². The zero-order chi connectivity index (χ0) is 24.8. The standard InChI is InChI=1S/C28H32F2N2O2/c1-6-8-9-19(7-2)25-14-18(3)22-15-20(23-17-21(29)10-11-24(23)30)16-26(28(22)31-25)34-13-12-27(33)32(4)5/h6,8-11,14-17,28,31H,7,12-13H2,1-5H3/b8-6-,19-9+. The van der Waals surface area contributed by atoms with Crippen LogP contribution in [0.2, 0.25) is 0 Å². The molecule has 0 spiro atoms. The van der Waals surface area contributed by atoms with Crippen molar-refractivity contribution in [1.29, 1.82) is 0 Å². The second kappa shape index (κ2) is 11.1. The summed E-state index contributed by atoms with van der Waals surface area (Å²) in [5.41, 5.74) is 4.74. The molecule has 0 saturated heterocycles. The van der Waals surface area contributed by atoms with Crippen molar-refractivity contribution in [2.24, 2.45) is 0 Å². The van der Waals surface area contributed by atoms with E-state index in [4.69, 9.17) is 4.74 Å². The summed E-state index contributed by atoms with van der Waals surface area (Å²) in [5, 5.41) is 3.55. The fraction of sp³-hybridized carbons (Fsp3) is 0.321. The van der Waals surface area contributed by atoms with Crippen molar-refractivity contribution < 1.29 is 18.3 Å². The monoisotopic (exact) mass is 466 g/mol. The predicted molar refractivity (Wildman–Crippen MR) is 133 cm³/mol. The van der Waals surface area contributed by atoms with Crippen molar-refractivity contribution in [3.05, 3.63) is 100 Å². The molecule has 0 bridgehead atoms. The third-order valence-electron chi connectivity index (χ3n) is 5.86. The molecular formula is C28H32F2N2O2. The Kier molecular flexibility index (Phi) is 8.26. The first kappa shape index (κ1) is 25.2. The summed E-state index contributed by atoms with van der Waals surface area (Å²) in [6.45, 7) is 6.25. The van der Waals surface area contributed by atoms with Crippen LogP contribution >= 0.6 is 0 Å². The van der Waals surface area contributed by atoms with Crippen molar-refractivity contribution >= 4 is 11.5 Å². The maximum atomic E-state index is 14.6. The number of rotatable bonds is 8. The second-order valence-electron chi connectivity index (χ2n) is 8.50. The van der Waals surface area contributed by atoms with Crippen LogP contribution < -0.4 is 5.32 Å². The Labute approximate surface area is 200 Å². The minimum absolute atomic E-state index is 0.0463. The van der Waals surface area contributed by atoms with Crippen LogP contribution in [0.5, 0.6) is 0 Å². The van der Waals surface area contributed by atoms with Crippen LogP contribution in [0, 0.1) is 11.6 Å². The SMILES string of the molecule is C/C=C\C=C(/CC)C1=CC(C)=C2C=C(c3cc(F)ccc3F)C=C(OCCC(=O)N(C)C)C2N1. The Morgan fingerprint density at radius 1 is 1.21 bits per heavy atom. The molecule has 0 fully saturated rings. The van der Waals surface area contributed by atoms with Crippen molar-refractivity contribution in [3.8, 4) is 0 Å². The first-order valence-electron chi connectivity index (χ1n) is 11.5. The first-order chi connectivity index (χ1) is 16.2. The molecule has 1 unspecified atom stereocenters. The molecule has 0 radical (unpaired) electrons.